The summed E-state index contributed by atoms with van der Waals surface area (Å²) < 4.78 is 23.5. The Kier molecular flexibility index (Phi) is 4.48. The number of rotatable bonds is 5. The van der Waals surface area contributed by atoms with E-state index >= 15 is 0 Å². The molecule has 0 atom stereocenters. The van der Waals surface area contributed by atoms with Crippen LogP contribution < -0.4 is 5.32 Å². The molecular formula is C15H21NO3S. The molecule has 1 aromatic carbocycles. The summed E-state index contributed by atoms with van der Waals surface area (Å²) in [4.78, 5) is 12.1. The highest BCUT2D eigenvalue weighted by Gasteiger charge is 2.19. The number of carbonyl (C=O) groups excluding carboxylic acids is 1. The zero-order valence-corrected chi connectivity index (χ0v) is 12.8. The number of carbonyl (C=O) groups is 1. The van der Waals surface area contributed by atoms with Crippen LogP contribution in [0.2, 0.25) is 0 Å². The van der Waals surface area contributed by atoms with Crippen LogP contribution in [0.4, 0.5) is 5.69 Å². The Bertz CT molecular complexity index is 606. The first-order chi connectivity index (χ1) is 9.40. The van der Waals surface area contributed by atoms with Gasteiger partial charge < -0.3 is 5.32 Å². The van der Waals surface area contributed by atoms with E-state index < -0.39 is 15.1 Å². The Morgan fingerprint density at radius 2 is 2.10 bits per heavy atom. The molecule has 0 saturated heterocycles. The predicted octanol–water partition coefficient (Wildman–Crippen LogP) is 2.44. The Morgan fingerprint density at radius 3 is 2.80 bits per heavy atom. The molecule has 0 aromatic heterocycles. The van der Waals surface area contributed by atoms with Crippen molar-refractivity contribution in [3.05, 3.63) is 29.3 Å². The van der Waals surface area contributed by atoms with Crippen LogP contribution >= 0.6 is 0 Å². The lowest BCUT2D eigenvalue weighted by Crippen LogP contribution is -2.20. The third-order valence-corrected chi connectivity index (χ3v) is 5.91. The molecule has 0 amide bonds. The van der Waals surface area contributed by atoms with E-state index in [9.17, 15) is 13.2 Å². The van der Waals surface area contributed by atoms with Crippen molar-refractivity contribution in [1.82, 2.24) is 0 Å². The number of Topliss-reactive ketones (excluding diaryl/α,β-unsaturated/α-hetero) is 1. The van der Waals surface area contributed by atoms with Gasteiger partial charge in [0.2, 0.25) is 0 Å². The maximum absolute atomic E-state index is 12.1. The molecule has 110 valence electrons. The molecule has 1 N–H and O–H groups in total. The van der Waals surface area contributed by atoms with Crippen molar-refractivity contribution in [2.75, 3.05) is 17.6 Å². The topological polar surface area (TPSA) is 63.2 Å². The van der Waals surface area contributed by atoms with Crippen LogP contribution in [0.3, 0.4) is 0 Å². The van der Waals surface area contributed by atoms with Crippen molar-refractivity contribution >= 4 is 21.3 Å². The van der Waals surface area contributed by atoms with E-state index in [0.29, 0.717) is 5.56 Å². The van der Waals surface area contributed by atoms with Gasteiger partial charge in [0.1, 0.15) is 0 Å². The summed E-state index contributed by atoms with van der Waals surface area (Å²) in [6, 6.07) is 5.59. The van der Waals surface area contributed by atoms with Gasteiger partial charge in [0.15, 0.2) is 15.6 Å². The molecule has 1 heterocycles. The van der Waals surface area contributed by atoms with Gasteiger partial charge in [0.25, 0.3) is 0 Å². The van der Waals surface area contributed by atoms with Gasteiger partial charge in [-0.3, -0.25) is 4.79 Å². The zero-order chi connectivity index (χ0) is 14.8. The highest BCUT2D eigenvalue weighted by Crippen LogP contribution is 2.23. The van der Waals surface area contributed by atoms with E-state index in [1.165, 1.54) is 0 Å². The fraction of sp³-hybridized carbons (Fsp3) is 0.533. The van der Waals surface area contributed by atoms with Crippen LogP contribution in [0.1, 0.15) is 42.6 Å². The predicted molar refractivity (Wildman–Crippen MR) is 81.1 cm³/mol. The van der Waals surface area contributed by atoms with Crippen molar-refractivity contribution < 1.29 is 13.2 Å². The number of aryl methyl sites for hydroxylation is 1. The molecular weight excluding hydrogens is 274 g/mol. The highest BCUT2D eigenvalue weighted by atomic mass is 32.2. The van der Waals surface area contributed by atoms with Crippen molar-refractivity contribution in [2.45, 2.75) is 38.4 Å². The number of sulfone groups is 1. The molecule has 0 spiro atoms. The molecule has 0 fully saturated rings. The second-order valence-corrected chi connectivity index (χ2v) is 8.17. The first-order valence-corrected chi connectivity index (χ1v) is 8.73. The Balaban J connectivity index is 2.07. The summed E-state index contributed by atoms with van der Waals surface area (Å²) in [6.07, 6.45) is 2.09. The minimum atomic E-state index is -3.15. The molecule has 1 aromatic rings. The average molecular weight is 295 g/mol. The summed E-state index contributed by atoms with van der Waals surface area (Å²) in [5, 5.41) is 2.87. The molecule has 20 heavy (non-hydrogen) atoms. The molecule has 1 aliphatic rings. The molecule has 1 aliphatic heterocycles. The van der Waals surface area contributed by atoms with Crippen molar-refractivity contribution in [3.8, 4) is 0 Å². The van der Waals surface area contributed by atoms with Gasteiger partial charge in [-0.25, -0.2) is 8.42 Å². The first kappa shape index (κ1) is 15.0. The third-order valence-electron chi connectivity index (χ3n) is 3.70. The number of hydrogen-bond acceptors (Lipinski definition) is 4. The molecule has 2 rings (SSSR count). The average Bonchev–Trinajstić information content (AvgIpc) is 2.44. The van der Waals surface area contributed by atoms with Gasteiger partial charge in [0.05, 0.1) is 11.0 Å². The molecule has 0 saturated carbocycles. The SMILES string of the molecule is CC(C)S(=O)(=O)CCC(=O)c1ccc2c(c1)CCCN2. The van der Waals surface area contributed by atoms with Crippen molar-refractivity contribution in [1.29, 1.82) is 0 Å². The second kappa shape index (κ2) is 5.95. The maximum atomic E-state index is 12.1. The highest BCUT2D eigenvalue weighted by molar-refractivity contribution is 7.91. The lowest BCUT2D eigenvalue weighted by atomic mass is 9.98. The van der Waals surface area contributed by atoms with E-state index in [-0.39, 0.29) is 18.0 Å². The fourth-order valence-corrected chi connectivity index (χ4v) is 3.20. The lowest BCUT2D eigenvalue weighted by Gasteiger charge is -2.18. The Hall–Kier alpha value is -1.36. The van der Waals surface area contributed by atoms with Gasteiger partial charge in [-0.1, -0.05) is 0 Å². The van der Waals surface area contributed by atoms with E-state index in [2.05, 4.69) is 5.32 Å². The molecule has 0 unspecified atom stereocenters. The summed E-state index contributed by atoms with van der Waals surface area (Å²) in [5.74, 6) is -0.165. The number of hydrogen-bond donors (Lipinski definition) is 1. The number of nitrogens with one attached hydrogen (secondary N) is 1. The van der Waals surface area contributed by atoms with Gasteiger partial charge in [-0.05, 0) is 50.5 Å². The molecule has 4 nitrogen and oxygen atoms in total. The summed E-state index contributed by atoms with van der Waals surface area (Å²) in [7, 11) is -3.15. The summed E-state index contributed by atoms with van der Waals surface area (Å²) in [5.41, 5.74) is 2.85. The van der Waals surface area contributed by atoms with Crippen LogP contribution in [0.5, 0.6) is 0 Å². The van der Waals surface area contributed by atoms with E-state index in [4.69, 9.17) is 0 Å². The van der Waals surface area contributed by atoms with Crippen molar-refractivity contribution in [3.63, 3.8) is 0 Å². The minimum absolute atomic E-state index is 0.0622. The quantitative estimate of drug-likeness (QED) is 0.848. The standard InChI is InChI=1S/C15H21NO3S/c1-11(2)20(18,19)9-7-15(17)13-5-6-14-12(10-13)4-3-8-16-14/h5-6,10-11,16H,3-4,7-9H2,1-2H3. The van der Waals surface area contributed by atoms with Crippen LogP contribution in [-0.4, -0.2) is 31.7 Å². The molecule has 0 radical (unpaired) electrons. The monoisotopic (exact) mass is 295 g/mol. The maximum Gasteiger partial charge on any atom is 0.163 e. The van der Waals surface area contributed by atoms with E-state index in [1.54, 1.807) is 19.9 Å². The van der Waals surface area contributed by atoms with E-state index in [1.807, 2.05) is 12.1 Å². The van der Waals surface area contributed by atoms with Crippen LogP contribution in [0.25, 0.3) is 0 Å². The minimum Gasteiger partial charge on any atom is -0.385 e. The Labute approximate surface area is 120 Å². The normalized spacial score (nSPS) is 14.8. The van der Waals surface area contributed by atoms with Crippen LogP contribution in [-0.2, 0) is 16.3 Å². The second-order valence-electron chi connectivity index (χ2n) is 5.49. The summed E-state index contributed by atoms with van der Waals surface area (Å²) in [6.45, 7) is 4.25. The number of ketones is 1. The number of anilines is 1. The lowest BCUT2D eigenvalue weighted by molar-refractivity contribution is 0.0988. The van der Waals surface area contributed by atoms with Gasteiger partial charge in [-0.15, -0.1) is 0 Å². The van der Waals surface area contributed by atoms with Gasteiger partial charge in [0, 0.05) is 24.2 Å². The number of fused-ring (bicyclic) bond motifs is 1. The van der Waals surface area contributed by atoms with Gasteiger partial charge >= 0.3 is 0 Å². The molecule has 5 heteroatoms. The zero-order valence-electron chi connectivity index (χ0n) is 12.0. The third kappa shape index (κ3) is 3.39. The molecule has 0 bridgehead atoms. The fourth-order valence-electron chi connectivity index (χ4n) is 2.26. The first-order valence-electron chi connectivity index (χ1n) is 7.02. The van der Waals surface area contributed by atoms with Gasteiger partial charge in [-0.2, -0.15) is 0 Å². The van der Waals surface area contributed by atoms with E-state index in [0.717, 1.165) is 30.6 Å². The number of benzene rings is 1. The largest absolute Gasteiger partial charge is 0.385 e. The Morgan fingerprint density at radius 1 is 1.35 bits per heavy atom. The smallest absolute Gasteiger partial charge is 0.163 e. The summed E-state index contributed by atoms with van der Waals surface area (Å²) >= 11 is 0. The van der Waals surface area contributed by atoms with Crippen LogP contribution in [0.15, 0.2) is 18.2 Å². The van der Waals surface area contributed by atoms with Crippen molar-refractivity contribution in [2.24, 2.45) is 0 Å². The van der Waals surface area contributed by atoms with Crippen LogP contribution in [0, 0.1) is 0 Å². The molecule has 0 aliphatic carbocycles.